The number of aromatic nitrogens is 4. The van der Waals surface area contributed by atoms with Crippen LogP contribution in [0.15, 0.2) is 42.7 Å². The average molecular weight is 378 g/mol. The second kappa shape index (κ2) is 7.77. The number of hydrogen-bond donors (Lipinski definition) is 1. The highest BCUT2D eigenvalue weighted by atomic mass is 16.5. The van der Waals surface area contributed by atoms with E-state index < -0.39 is 0 Å². The van der Waals surface area contributed by atoms with E-state index in [2.05, 4.69) is 25.3 Å². The van der Waals surface area contributed by atoms with Gasteiger partial charge >= 0.3 is 0 Å². The number of aryl methyl sites for hydroxylation is 2. The third kappa shape index (κ3) is 3.86. The van der Waals surface area contributed by atoms with Gasteiger partial charge in [-0.05, 0) is 44.2 Å². The number of carbonyl (C=O) groups is 1. The topological polar surface area (TPSA) is 85.2 Å². The number of nitrogens with one attached hydrogen (secondary N) is 1. The van der Waals surface area contributed by atoms with Crippen molar-refractivity contribution < 1.29 is 9.53 Å². The molecule has 8 heteroatoms. The fourth-order valence-corrected chi connectivity index (χ4v) is 3.23. The van der Waals surface area contributed by atoms with Gasteiger partial charge in [-0.2, -0.15) is 5.10 Å². The molecule has 0 aliphatic carbocycles. The summed E-state index contributed by atoms with van der Waals surface area (Å²) in [5, 5.41) is 7.24. The molecule has 0 spiro atoms. The highest BCUT2D eigenvalue weighted by molar-refractivity contribution is 6.04. The fourth-order valence-electron chi connectivity index (χ4n) is 3.23. The maximum absolute atomic E-state index is 12.6. The first-order valence-electron chi connectivity index (χ1n) is 9.20. The molecule has 3 aromatic rings. The Labute approximate surface area is 163 Å². The first-order valence-corrected chi connectivity index (χ1v) is 9.20. The lowest BCUT2D eigenvalue weighted by molar-refractivity contribution is 0.102. The SMILES string of the molecule is Cc1cc(C)n(-c2cc(NC(=O)c3ccc(N4CCOCC4)cc3)ncn2)n1. The van der Waals surface area contributed by atoms with Crippen molar-refractivity contribution in [3.63, 3.8) is 0 Å². The number of anilines is 2. The molecule has 28 heavy (non-hydrogen) atoms. The van der Waals surface area contributed by atoms with Crippen LogP contribution in [-0.2, 0) is 4.74 Å². The third-order valence-electron chi connectivity index (χ3n) is 4.63. The lowest BCUT2D eigenvalue weighted by atomic mass is 10.1. The number of ether oxygens (including phenoxy) is 1. The highest BCUT2D eigenvalue weighted by Crippen LogP contribution is 2.18. The Morgan fingerprint density at radius 3 is 2.50 bits per heavy atom. The minimum absolute atomic E-state index is 0.216. The van der Waals surface area contributed by atoms with Gasteiger partial charge in [0.15, 0.2) is 5.82 Å². The van der Waals surface area contributed by atoms with Crippen molar-refractivity contribution in [1.82, 2.24) is 19.7 Å². The van der Waals surface area contributed by atoms with Gasteiger partial charge in [0.2, 0.25) is 0 Å². The maximum Gasteiger partial charge on any atom is 0.256 e. The van der Waals surface area contributed by atoms with Crippen LogP contribution in [0.1, 0.15) is 21.7 Å². The zero-order chi connectivity index (χ0) is 19.5. The molecule has 1 N–H and O–H groups in total. The van der Waals surface area contributed by atoms with Crippen LogP contribution in [0.5, 0.6) is 0 Å². The minimum Gasteiger partial charge on any atom is -0.378 e. The molecule has 8 nitrogen and oxygen atoms in total. The summed E-state index contributed by atoms with van der Waals surface area (Å²) in [4.78, 5) is 23.2. The Balaban J connectivity index is 1.47. The van der Waals surface area contributed by atoms with Crippen molar-refractivity contribution in [2.45, 2.75) is 13.8 Å². The molecular weight excluding hydrogens is 356 g/mol. The van der Waals surface area contributed by atoms with Gasteiger partial charge < -0.3 is 15.0 Å². The molecule has 1 aliphatic heterocycles. The molecular formula is C20H22N6O2. The average Bonchev–Trinajstić information content (AvgIpc) is 3.07. The van der Waals surface area contributed by atoms with Crippen LogP contribution in [0.3, 0.4) is 0 Å². The summed E-state index contributed by atoms with van der Waals surface area (Å²) in [5.74, 6) is 0.824. The smallest absolute Gasteiger partial charge is 0.256 e. The van der Waals surface area contributed by atoms with Crippen LogP contribution >= 0.6 is 0 Å². The van der Waals surface area contributed by atoms with Gasteiger partial charge in [0.05, 0.1) is 18.9 Å². The van der Waals surface area contributed by atoms with Gasteiger partial charge in [-0.15, -0.1) is 0 Å². The summed E-state index contributed by atoms with van der Waals surface area (Å²) >= 11 is 0. The van der Waals surface area contributed by atoms with E-state index in [4.69, 9.17) is 4.74 Å². The number of morpholine rings is 1. The Bertz CT molecular complexity index is 977. The van der Waals surface area contributed by atoms with E-state index in [-0.39, 0.29) is 5.91 Å². The molecule has 1 saturated heterocycles. The van der Waals surface area contributed by atoms with Crippen LogP contribution in [0.25, 0.3) is 5.82 Å². The largest absolute Gasteiger partial charge is 0.378 e. The molecule has 0 radical (unpaired) electrons. The van der Waals surface area contributed by atoms with E-state index in [0.29, 0.717) is 17.2 Å². The van der Waals surface area contributed by atoms with E-state index in [1.165, 1.54) is 6.33 Å². The van der Waals surface area contributed by atoms with E-state index >= 15 is 0 Å². The number of benzene rings is 1. The van der Waals surface area contributed by atoms with Crippen LogP contribution in [0.4, 0.5) is 11.5 Å². The number of amides is 1. The normalized spacial score (nSPS) is 14.1. The molecule has 4 rings (SSSR count). The molecule has 1 fully saturated rings. The Morgan fingerprint density at radius 1 is 1.07 bits per heavy atom. The summed E-state index contributed by atoms with van der Waals surface area (Å²) in [6.07, 6.45) is 1.42. The quantitative estimate of drug-likeness (QED) is 0.750. The van der Waals surface area contributed by atoms with Gasteiger partial charge in [0.1, 0.15) is 12.1 Å². The third-order valence-corrected chi connectivity index (χ3v) is 4.63. The molecule has 0 atom stereocenters. The van der Waals surface area contributed by atoms with Crippen molar-refractivity contribution in [3.05, 3.63) is 59.7 Å². The number of rotatable bonds is 4. The van der Waals surface area contributed by atoms with E-state index in [1.807, 2.05) is 44.2 Å². The number of nitrogens with zero attached hydrogens (tertiary/aromatic N) is 5. The van der Waals surface area contributed by atoms with Crippen molar-refractivity contribution in [2.24, 2.45) is 0 Å². The zero-order valence-corrected chi connectivity index (χ0v) is 15.9. The monoisotopic (exact) mass is 378 g/mol. The fraction of sp³-hybridized carbons (Fsp3) is 0.300. The summed E-state index contributed by atoms with van der Waals surface area (Å²) in [6.45, 7) is 7.06. The molecule has 1 amide bonds. The van der Waals surface area contributed by atoms with Gasteiger partial charge in [-0.3, -0.25) is 4.79 Å². The first-order chi connectivity index (χ1) is 13.6. The summed E-state index contributed by atoms with van der Waals surface area (Å²) in [5.41, 5.74) is 3.53. The molecule has 1 aliphatic rings. The molecule has 0 bridgehead atoms. The Kier molecular flexibility index (Phi) is 5.03. The molecule has 0 saturated carbocycles. The van der Waals surface area contributed by atoms with Gasteiger partial charge in [-0.25, -0.2) is 14.6 Å². The second-order valence-corrected chi connectivity index (χ2v) is 6.70. The van der Waals surface area contributed by atoms with E-state index in [0.717, 1.165) is 43.4 Å². The molecule has 144 valence electrons. The predicted octanol–water partition coefficient (Wildman–Crippen LogP) is 2.37. The Hall–Kier alpha value is -3.26. The van der Waals surface area contributed by atoms with Gasteiger partial charge in [-0.1, -0.05) is 0 Å². The molecule has 0 unspecified atom stereocenters. The van der Waals surface area contributed by atoms with Gasteiger partial charge in [0.25, 0.3) is 5.91 Å². The van der Waals surface area contributed by atoms with Crippen LogP contribution in [0, 0.1) is 13.8 Å². The number of hydrogen-bond acceptors (Lipinski definition) is 6. The molecule has 1 aromatic carbocycles. The lowest BCUT2D eigenvalue weighted by Crippen LogP contribution is -2.36. The second-order valence-electron chi connectivity index (χ2n) is 6.70. The lowest BCUT2D eigenvalue weighted by Gasteiger charge is -2.28. The van der Waals surface area contributed by atoms with Crippen LogP contribution in [0.2, 0.25) is 0 Å². The number of carbonyl (C=O) groups excluding carboxylic acids is 1. The summed E-state index contributed by atoms with van der Waals surface area (Å²) in [7, 11) is 0. The maximum atomic E-state index is 12.6. The highest BCUT2D eigenvalue weighted by Gasteiger charge is 2.13. The van der Waals surface area contributed by atoms with Crippen molar-refractivity contribution >= 4 is 17.4 Å². The molecule has 2 aromatic heterocycles. The Morgan fingerprint density at radius 2 is 1.82 bits per heavy atom. The summed E-state index contributed by atoms with van der Waals surface area (Å²) in [6, 6.07) is 11.2. The first kappa shape index (κ1) is 18.1. The standard InChI is InChI=1S/C20H22N6O2/c1-14-11-15(2)26(24-14)19-12-18(21-13-22-19)23-20(27)16-3-5-17(6-4-16)25-7-9-28-10-8-25/h3-6,11-13H,7-10H2,1-2H3,(H,21,22,23,27). The van der Waals surface area contributed by atoms with E-state index in [1.54, 1.807) is 10.7 Å². The minimum atomic E-state index is -0.216. The zero-order valence-electron chi connectivity index (χ0n) is 15.9. The van der Waals surface area contributed by atoms with Crippen molar-refractivity contribution in [3.8, 4) is 5.82 Å². The predicted molar refractivity (Wildman–Crippen MR) is 106 cm³/mol. The molecule has 3 heterocycles. The van der Waals surface area contributed by atoms with Gasteiger partial charge in [0, 0.05) is 36.1 Å². The van der Waals surface area contributed by atoms with Crippen molar-refractivity contribution in [1.29, 1.82) is 0 Å². The van der Waals surface area contributed by atoms with Crippen molar-refractivity contribution in [2.75, 3.05) is 36.5 Å². The summed E-state index contributed by atoms with van der Waals surface area (Å²) < 4.78 is 7.10. The van der Waals surface area contributed by atoms with Crippen LogP contribution < -0.4 is 10.2 Å². The van der Waals surface area contributed by atoms with Crippen LogP contribution in [-0.4, -0.2) is 52.0 Å². The van der Waals surface area contributed by atoms with E-state index in [9.17, 15) is 4.79 Å².